The molecule has 0 saturated carbocycles. The van der Waals surface area contributed by atoms with Gasteiger partial charge in [0.05, 0.1) is 6.20 Å². The predicted octanol–water partition coefficient (Wildman–Crippen LogP) is 7.39. The fourth-order valence-corrected chi connectivity index (χ4v) is 5.80. The zero-order chi connectivity index (χ0) is 28.5. The summed E-state index contributed by atoms with van der Waals surface area (Å²) in [6, 6.07) is 38.1. The van der Waals surface area contributed by atoms with Gasteiger partial charge in [0.1, 0.15) is 17.0 Å². The van der Waals surface area contributed by atoms with Gasteiger partial charge in [0.15, 0.2) is 0 Å². The summed E-state index contributed by atoms with van der Waals surface area (Å²) in [4.78, 5) is 14.7. The van der Waals surface area contributed by atoms with Crippen LogP contribution in [0.25, 0.3) is 33.3 Å². The van der Waals surface area contributed by atoms with Gasteiger partial charge in [0.25, 0.3) is 0 Å². The van der Waals surface area contributed by atoms with Gasteiger partial charge in [-0.05, 0) is 34.9 Å². The number of hydrogen-bond donors (Lipinski definition) is 1. The molecule has 4 aromatic heterocycles. The lowest BCUT2D eigenvalue weighted by Crippen LogP contribution is -2.38. The highest BCUT2D eigenvalue weighted by atomic mass is 15.3. The zero-order valence-electron chi connectivity index (χ0n) is 23.5. The molecule has 42 heavy (non-hydrogen) atoms. The van der Waals surface area contributed by atoms with Crippen molar-refractivity contribution < 1.29 is 0 Å². The van der Waals surface area contributed by atoms with E-state index in [-0.39, 0.29) is 0 Å². The third kappa shape index (κ3) is 4.25. The lowest BCUT2D eigenvalue weighted by molar-refractivity contribution is 0.460. The Morgan fingerprint density at radius 3 is 1.79 bits per heavy atom. The molecule has 1 N–H and O–H groups in total. The average molecular weight is 547 g/mol. The monoisotopic (exact) mass is 546 g/mol. The van der Waals surface area contributed by atoms with Gasteiger partial charge < -0.3 is 9.88 Å². The minimum absolute atomic E-state index is 0.669. The standard InChI is InChI=1S/C36H30N6/c1-41(2)34-19-18-26(21-37-34)27-20-32-33(24-39-35(32)38-22-27)28-23-40-42(25-28)36(29-12-6-3-7-13-29,30-14-8-4-9-15-30)31-16-10-5-11-17-31/h3-25H,1-2H3,(H,38,39). The second kappa shape index (κ2) is 10.5. The van der Waals surface area contributed by atoms with Crippen LogP contribution in [0.5, 0.6) is 0 Å². The molecule has 6 heteroatoms. The minimum atomic E-state index is -0.669. The summed E-state index contributed by atoms with van der Waals surface area (Å²) in [5.74, 6) is 0.918. The Hall–Kier alpha value is -5.49. The minimum Gasteiger partial charge on any atom is -0.363 e. The van der Waals surface area contributed by atoms with Crippen molar-refractivity contribution in [1.29, 1.82) is 0 Å². The molecule has 7 aromatic rings. The highest BCUT2D eigenvalue weighted by Crippen LogP contribution is 2.41. The SMILES string of the molecule is CN(C)c1ccc(-c2cnc3[nH]cc(-c4cnn(C(c5ccccc5)(c5ccccc5)c5ccccc5)c4)c3c2)cn1. The number of nitrogens with zero attached hydrogens (tertiary/aromatic N) is 5. The number of pyridine rings is 2. The van der Waals surface area contributed by atoms with Crippen LogP contribution < -0.4 is 4.90 Å². The Morgan fingerprint density at radius 1 is 0.643 bits per heavy atom. The Labute approximate surface area is 245 Å². The average Bonchev–Trinajstić information content (AvgIpc) is 3.71. The second-order valence-corrected chi connectivity index (χ2v) is 10.6. The van der Waals surface area contributed by atoms with Gasteiger partial charge in [-0.15, -0.1) is 0 Å². The van der Waals surface area contributed by atoms with E-state index in [2.05, 4.69) is 124 Å². The van der Waals surface area contributed by atoms with Crippen molar-refractivity contribution in [2.24, 2.45) is 0 Å². The van der Waals surface area contributed by atoms with Gasteiger partial charge >= 0.3 is 0 Å². The van der Waals surface area contributed by atoms with E-state index in [0.717, 1.165) is 55.8 Å². The summed E-state index contributed by atoms with van der Waals surface area (Å²) >= 11 is 0. The molecular weight excluding hydrogens is 516 g/mol. The first kappa shape index (κ1) is 25.5. The Balaban J connectivity index is 1.39. The number of aromatic amines is 1. The van der Waals surface area contributed by atoms with Crippen LogP contribution in [0.3, 0.4) is 0 Å². The molecule has 0 spiro atoms. The molecule has 7 rings (SSSR count). The lowest BCUT2D eigenvalue weighted by atomic mass is 9.77. The molecule has 0 aliphatic rings. The van der Waals surface area contributed by atoms with Crippen molar-refractivity contribution in [3.63, 3.8) is 0 Å². The molecule has 4 heterocycles. The maximum Gasteiger partial charge on any atom is 0.138 e. The van der Waals surface area contributed by atoms with Gasteiger partial charge in [-0.1, -0.05) is 91.0 Å². The van der Waals surface area contributed by atoms with Crippen LogP contribution in [0.2, 0.25) is 0 Å². The van der Waals surface area contributed by atoms with Gasteiger partial charge in [-0.25, -0.2) is 9.97 Å². The van der Waals surface area contributed by atoms with Crippen LogP contribution in [0.1, 0.15) is 16.7 Å². The van der Waals surface area contributed by atoms with Gasteiger partial charge in [-0.3, -0.25) is 4.68 Å². The maximum atomic E-state index is 5.06. The fraction of sp³-hybridized carbons (Fsp3) is 0.0833. The van der Waals surface area contributed by atoms with Gasteiger partial charge in [-0.2, -0.15) is 5.10 Å². The van der Waals surface area contributed by atoms with Crippen LogP contribution in [0.15, 0.2) is 140 Å². The summed E-state index contributed by atoms with van der Waals surface area (Å²) in [7, 11) is 3.98. The molecule has 0 fully saturated rings. The summed E-state index contributed by atoms with van der Waals surface area (Å²) in [5, 5.41) is 6.09. The zero-order valence-corrected chi connectivity index (χ0v) is 23.5. The summed E-state index contributed by atoms with van der Waals surface area (Å²) in [6.45, 7) is 0. The van der Waals surface area contributed by atoms with Crippen molar-refractivity contribution >= 4 is 16.9 Å². The molecule has 0 radical (unpaired) electrons. The van der Waals surface area contributed by atoms with Crippen molar-refractivity contribution in [2.45, 2.75) is 5.54 Å². The smallest absolute Gasteiger partial charge is 0.138 e. The first-order chi connectivity index (χ1) is 20.6. The van der Waals surface area contributed by atoms with E-state index in [4.69, 9.17) is 10.1 Å². The van der Waals surface area contributed by atoms with Crippen LogP contribution in [0.4, 0.5) is 5.82 Å². The molecule has 204 valence electrons. The number of fused-ring (bicyclic) bond motifs is 1. The predicted molar refractivity (Wildman–Crippen MR) is 169 cm³/mol. The van der Waals surface area contributed by atoms with E-state index in [0.29, 0.717) is 0 Å². The second-order valence-electron chi connectivity index (χ2n) is 10.6. The van der Waals surface area contributed by atoms with Gasteiger partial charge in [0, 0.05) is 66.5 Å². The third-order valence-corrected chi connectivity index (χ3v) is 7.88. The molecule has 0 saturated heterocycles. The van der Waals surface area contributed by atoms with E-state index in [1.165, 1.54) is 0 Å². The van der Waals surface area contributed by atoms with E-state index in [1.807, 2.05) is 49.8 Å². The third-order valence-electron chi connectivity index (χ3n) is 7.88. The van der Waals surface area contributed by atoms with E-state index in [9.17, 15) is 0 Å². The molecule has 0 atom stereocenters. The number of anilines is 1. The lowest BCUT2D eigenvalue weighted by Gasteiger charge is -2.36. The first-order valence-electron chi connectivity index (χ1n) is 14.0. The molecule has 0 aliphatic carbocycles. The molecule has 0 bridgehead atoms. The van der Waals surface area contributed by atoms with Crippen LogP contribution in [-0.4, -0.2) is 38.8 Å². The summed E-state index contributed by atoms with van der Waals surface area (Å²) in [6.07, 6.45) is 9.91. The van der Waals surface area contributed by atoms with E-state index in [1.54, 1.807) is 0 Å². The largest absolute Gasteiger partial charge is 0.363 e. The Morgan fingerprint density at radius 2 is 1.24 bits per heavy atom. The number of aromatic nitrogens is 5. The van der Waals surface area contributed by atoms with Crippen molar-refractivity contribution in [3.05, 3.63) is 157 Å². The Kier molecular flexibility index (Phi) is 6.36. The van der Waals surface area contributed by atoms with Crippen LogP contribution >= 0.6 is 0 Å². The van der Waals surface area contributed by atoms with E-state index >= 15 is 0 Å². The number of rotatable bonds is 7. The molecule has 6 nitrogen and oxygen atoms in total. The fourth-order valence-electron chi connectivity index (χ4n) is 5.80. The normalized spacial score (nSPS) is 11.6. The number of nitrogens with one attached hydrogen (secondary N) is 1. The quantitative estimate of drug-likeness (QED) is 0.212. The molecule has 3 aromatic carbocycles. The van der Waals surface area contributed by atoms with Gasteiger partial charge in [0.2, 0.25) is 0 Å². The van der Waals surface area contributed by atoms with Crippen molar-refractivity contribution in [2.75, 3.05) is 19.0 Å². The van der Waals surface area contributed by atoms with Crippen molar-refractivity contribution in [1.82, 2.24) is 24.7 Å². The topological polar surface area (TPSA) is 62.6 Å². The molecule has 0 amide bonds. The van der Waals surface area contributed by atoms with E-state index < -0.39 is 5.54 Å². The summed E-state index contributed by atoms with van der Waals surface area (Å²) < 4.78 is 2.10. The summed E-state index contributed by atoms with van der Waals surface area (Å²) in [5.41, 5.74) is 7.66. The molecular formula is C36H30N6. The molecule has 0 unspecified atom stereocenters. The first-order valence-corrected chi connectivity index (χ1v) is 14.0. The van der Waals surface area contributed by atoms with Crippen LogP contribution in [0, 0.1) is 0 Å². The van der Waals surface area contributed by atoms with Crippen molar-refractivity contribution in [3.8, 4) is 22.3 Å². The number of hydrogen-bond acceptors (Lipinski definition) is 4. The molecule has 0 aliphatic heterocycles. The number of benzene rings is 3. The maximum absolute atomic E-state index is 5.06. The highest BCUT2D eigenvalue weighted by Gasteiger charge is 2.39. The van der Waals surface area contributed by atoms with Crippen LogP contribution in [-0.2, 0) is 5.54 Å². The highest BCUT2D eigenvalue weighted by molar-refractivity contribution is 5.95. The Bertz CT molecular complexity index is 1840. The number of H-pyrrole nitrogens is 1.